The number of anilines is 1. The standard InChI is InChI=1S/C54H79N3O25S4/c1-53(2)38-31-35(86(75,76)77)18-20-40(38)56(23-10-5-8-16-44(60)55-22-25-78-26-27-79-52-50(48(64)46(62)42(33-59)81-52)82-51-49(65)47(63)45(61)41(32-58)80-51)43(53)15-7-4-6-14-39-36-19-17-34(85(72,73)74)30-37(36)54(3,21-9-12-28-83(66,67)68)57(39)24-11-13-29-84(69,70)71/h4,6-7,14-15,17-20,30-31,41-42,45-52,58-59,61-65H,5,8-13,16,21-29,32-33H2,1-3H3,(H4-,55,60,66,67,68,69,70,71,72,73,74,75,76,77)/p+1/t41-,42+,45-,46-,47+,48+,49+,50+,51-,52+,54?/m1/s1. The monoisotopic (exact) mass is 1300 g/mol. The Bertz CT molecular complexity index is 3260. The molecule has 12 N–H and O–H groups in total. The number of unbranched alkanes of at least 4 members (excludes halogenated alkanes) is 4. The maximum Gasteiger partial charge on any atom is 0.294 e. The largest absolute Gasteiger partial charge is 0.394 e. The molecule has 1 amide bonds. The Kier molecular flexibility index (Phi) is 24.8. The number of carbonyl (C=O) groups excluding carboxylic acids is 1. The summed E-state index contributed by atoms with van der Waals surface area (Å²) in [7, 11) is -17.8. The van der Waals surface area contributed by atoms with Gasteiger partial charge in [0.05, 0.1) is 59.9 Å². The van der Waals surface area contributed by atoms with Gasteiger partial charge in [0.15, 0.2) is 18.1 Å². The van der Waals surface area contributed by atoms with Gasteiger partial charge in [0.1, 0.15) is 55.4 Å². The Morgan fingerprint density at radius 2 is 1.28 bits per heavy atom. The molecule has 0 saturated carbocycles. The Labute approximate surface area is 500 Å². The van der Waals surface area contributed by atoms with Gasteiger partial charge in [-0.1, -0.05) is 38.5 Å². The minimum Gasteiger partial charge on any atom is -0.394 e. The van der Waals surface area contributed by atoms with Gasteiger partial charge in [0.2, 0.25) is 11.6 Å². The molecule has 11 atom stereocenters. The molecule has 2 aromatic rings. The van der Waals surface area contributed by atoms with Crippen LogP contribution >= 0.6 is 0 Å². The van der Waals surface area contributed by atoms with Crippen LogP contribution in [0.25, 0.3) is 0 Å². The van der Waals surface area contributed by atoms with E-state index in [9.17, 15) is 92.4 Å². The molecule has 2 saturated heterocycles. The van der Waals surface area contributed by atoms with Gasteiger partial charge >= 0.3 is 0 Å². The van der Waals surface area contributed by atoms with Crippen molar-refractivity contribution in [2.75, 3.05) is 69.1 Å². The van der Waals surface area contributed by atoms with Crippen molar-refractivity contribution < 1.29 is 121 Å². The highest BCUT2D eigenvalue weighted by Gasteiger charge is 2.52. The van der Waals surface area contributed by atoms with Gasteiger partial charge in [-0.2, -0.15) is 33.7 Å². The van der Waals surface area contributed by atoms with Gasteiger partial charge in [0, 0.05) is 67.7 Å². The maximum atomic E-state index is 12.8. The van der Waals surface area contributed by atoms with Crippen LogP contribution in [0.4, 0.5) is 5.69 Å². The molecule has 0 aromatic heterocycles. The number of hydrogen-bond acceptors (Lipinski definition) is 22. The zero-order chi connectivity index (χ0) is 63.6. The minimum absolute atomic E-state index is 0.0574. The molecule has 2 fully saturated rings. The van der Waals surface area contributed by atoms with Gasteiger partial charge in [0.25, 0.3) is 40.5 Å². The van der Waals surface area contributed by atoms with E-state index in [0.717, 1.165) is 5.70 Å². The average molecular weight is 1300 g/mol. The van der Waals surface area contributed by atoms with Crippen LogP contribution in [0.1, 0.15) is 95.2 Å². The lowest BCUT2D eigenvalue weighted by molar-refractivity contribution is -0.610. The van der Waals surface area contributed by atoms with Gasteiger partial charge in [-0.15, -0.1) is 0 Å². The van der Waals surface area contributed by atoms with Crippen LogP contribution in [0.15, 0.2) is 82.3 Å². The number of rotatable bonds is 32. The van der Waals surface area contributed by atoms with Crippen molar-refractivity contribution in [2.45, 2.75) is 161 Å². The smallest absolute Gasteiger partial charge is 0.294 e. The van der Waals surface area contributed by atoms with Crippen molar-refractivity contribution in [3.63, 3.8) is 0 Å². The molecule has 4 aliphatic heterocycles. The van der Waals surface area contributed by atoms with Crippen LogP contribution in [0.2, 0.25) is 0 Å². The molecule has 0 bridgehead atoms. The number of aliphatic hydroxyl groups is 7. The first kappa shape index (κ1) is 70.8. The number of amides is 1. The van der Waals surface area contributed by atoms with Gasteiger partial charge in [-0.3, -0.25) is 23.0 Å². The Hall–Kier alpha value is -4.24. The van der Waals surface area contributed by atoms with E-state index in [4.69, 9.17) is 23.7 Å². The summed E-state index contributed by atoms with van der Waals surface area (Å²) in [5.41, 5.74) is 1.89. The van der Waals surface area contributed by atoms with E-state index in [2.05, 4.69) is 5.32 Å². The Morgan fingerprint density at radius 3 is 1.91 bits per heavy atom. The number of fused-ring (bicyclic) bond motifs is 2. The maximum absolute atomic E-state index is 12.8. The fraction of sp³-hybridized carbons (Fsp3) is 0.630. The molecule has 86 heavy (non-hydrogen) atoms. The van der Waals surface area contributed by atoms with E-state index >= 15 is 0 Å². The first-order chi connectivity index (χ1) is 40.2. The molecule has 4 aliphatic rings. The van der Waals surface area contributed by atoms with Crippen molar-refractivity contribution >= 4 is 57.8 Å². The summed E-state index contributed by atoms with van der Waals surface area (Å²) in [5, 5.41) is 74.1. The van der Waals surface area contributed by atoms with Crippen LogP contribution in [0.3, 0.4) is 0 Å². The average Bonchev–Trinajstić information content (AvgIpc) is 1.60. The first-order valence-electron chi connectivity index (χ1n) is 27.9. The third-order valence-electron chi connectivity index (χ3n) is 15.6. The van der Waals surface area contributed by atoms with Crippen LogP contribution in [0.5, 0.6) is 0 Å². The summed E-state index contributed by atoms with van der Waals surface area (Å²) in [4.78, 5) is 14.2. The van der Waals surface area contributed by atoms with E-state index in [1.54, 1.807) is 37.3 Å². The summed E-state index contributed by atoms with van der Waals surface area (Å²) in [5.74, 6) is -1.28. The second-order valence-electron chi connectivity index (χ2n) is 22.1. The molecule has 32 heteroatoms. The molecule has 0 aliphatic carbocycles. The molecule has 4 heterocycles. The number of nitrogens with zero attached hydrogens (tertiary/aromatic N) is 2. The van der Waals surface area contributed by atoms with Crippen LogP contribution in [-0.2, 0) is 79.9 Å². The predicted molar refractivity (Wildman–Crippen MR) is 306 cm³/mol. The summed E-state index contributed by atoms with van der Waals surface area (Å²) in [6.07, 6.45) is -4.52. The highest BCUT2D eigenvalue weighted by molar-refractivity contribution is 7.86. The topological polar surface area (TPSA) is 441 Å². The van der Waals surface area contributed by atoms with E-state index in [0.29, 0.717) is 53.9 Å². The first-order valence-corrected chi connectivity index (χ1v) is 34.0. The van der Waals surface area contributed by atoms with E-state index in [1.165, 1.54) is 30.3 Å². The third kappa shape index (κ3) is 18.2. The molecule has 6 rings (SSSR count). The van der Waals surface area contributed by atoms with Gasteiger partial charge < -0.3 is 69.6 Å². The van der Waals surface area contributed by atoms with Crippen LogP contribution in [-0.4, -0.2) is 229 Å². The lowest BCUT2D eigenvalue weighted by Gasteiger charge is -2.45. The minimum atomic E-state index is -4.67. The second kappa shape index (κ2) is 30.0. The van der Waals surface area contributed by atoms with Crippen molar-refractivity contribution in [3.05, 3.63) is 89.2 Å². The molecule has 1 unspecified atom stereocenters. The fourth-order valence-corrected chi connectivity index (χ4v) is 13.2. The van der Waals surface area contributed by atoms with E-state index in [1.807, 2.05) is 29.4 Å². The summed E-state index contributed by atoms with van der Waals surface area (Å²) in [6, 6.07) is 8.45. The van der Waals surface area contributed by atoms with Crippen molar-refractivity contribution in [1.82, 2.24) is 5.32 Å². The molecular weight excluding hydrogens is 1220 g/mol. The lowest BCUT2D eigenvalue weighted by Crippen LogP contribution is -2.64. The zero-order valence-electron chi connectivity index (χ0n) is 47.7. The summed E-state index contributed by atoms with van der Waals surface area (Å²) < 4.78 is 164. The summed E-state index contributed by atoms with van der Waals surface area (Å²) >= 11 is 0. The third-order valence-corrected chi connectivity index (χ3v) is 18.9. The highest BCUT2D eigenvalue weighted by atomic mass is 32.2. The van der Waals surface area contributed by atoms with Crippen LogP contribution < -0.4 is 10.2 Å². The molecule has 484 valence electrons. The number of benzene rings is 2. The fourth-order valence-electron chi connectivity index (χ4n) is 11.0. The molecule has 0 radical (unpaired) electrons. The molecule has 0 spiro atoms. The van der Waals surface area contributed by atoms with Crippen molar-refractivity contribution in [3.8, 4) is 0 Å². The molecule has 2 aromatic carbocycles. The Balaban J connectivity index is 1.07. The number of aliphatic hydroxyl groups excluding tert-OH is 7. The SMILES string of the molecule is CC1(C)/C(=C/C=C/C=C/C2=[N+](CCCCS(=O)(=O)O)C(C)(CCCCS(=O)(=O)O)c3cc(S(=O)(=O)O)ccc32)N(CCCCCC(=O)NCCOCCO[C@H]2O[C@@H](CO)[C@@H](O)[C@H](O)[C@@H]2O[C@H]2O[C@H](CO)[C@@H](O)[C@H](O)[C@@H]2O)c2ccc(S(=O)(=O)O)cc21. The van der Waals surface area contributed by atoms with Crippen molar-refractivity contribution in [1.29, 1.82) is 0 Å². The number of ether oxygens (including phenoxy) is 5. The second-order valence-corrected chi connectivity index (χ2v) is 28.1. The van der Waals surface area contributed by atoms with Gasteiger partial charge in [-0.25, -0.2) is 4.58 Å². The number of nitrogens with one attached hydrogen (secondary N) is 1. The van der Waals surface area contributed by atoms with Crippen LogP contribution in [0, 0.1) is 0 Å². The number of hydrogen-bond donors (Lipinski definition) is 12. The van der Waals surface area contributed by atoms with Gasteiger partial charge in [-0.05, 0) is 80.1 Å². The lowest BCUT2D eigenvalue weighted by atomic mass is 9.83. The predicted octanol–water partition coefficient (Wildman–Crippen LogP) is 0.0645. The normalized spacial score (nSPS) is 27.6. The van der Waals surface area contributed by atoms with E-state index < -0.39 is 138 Å². The zero-order valence-corrected chi connectivity index (χ0v) is 51.0. The molecule has 28 nitrogen and oxygen atoms in total. The highest BCUT2D eigenvalue weighted by Crippen LogP contribution is 2.49. The Morgan fingerprint density at radius 1 is 0.674 bits per heavy atom. The van der Waals surface area contributed by atoms with E-state index in [-0.39, 0.29) is 87.1 Å². The number of carbonyl (C=O) groups is 1. The van der Waals surface area contributed by atoms with Crippen molar-refractivity contribution in [2.24, 2.45) is 0 Å². The quantitative estimate of drug-likeness (QED) is 0.0199. The number of allylic oxidation sites excluding steroid dienone is 6. The summed E-state index contributed by atoms with van der Waals surface area (Å²) in [6.45, 7) is 4.74. The molecular formula is C54H80N3O25S4+.